The molecule has 0 radical (unpaired) electrons. The van der Waals surface area contributed by atoms with Gasteiger partial charge >= 0.3 is 0 Å². The van der Waals surface area contributed by atoms with E-state index in [2.05, 4.69) is 5.32 Å². The average Bonchev–Trinajstić information content (AvgIpc) is 3.00. The van der Waals surface area contributed by atoms with E-state index in [0.29, 0.717) is 30.2 Å². The maximum Gasteiger partial charge on any atom is 0.264 e. The molecule has 0 aliphatic rings. The van der Waals surface area contributed by atoms with Crippen molar-refractivity contribution in [3.63, 3.8) is 0 Å². The molecule has 0 aliphatic heterocycles. The van der Waals surface area contributed by atoms with Crippen molar-refractivity contribution in [2.45, 2.75) is 64.1 Å². The van der Waals surface area contributed by atoms with E-state index in [9.17, 15) is 18.0 Å². The molecular weight excluding hydrogens is 554 g/mol. The van der Waals surface area contributed by atoms with Crippen molar-refractivity contribution in [2.24, 2.45) is 0 Å². The summed E-state index contributed by atoms with van der Waals surface area (Å²) in [4.78, 5) is 29.1. The van der Waals surface area contributed by atoms with E-state index >= 15 is 0 Å². The van der Waals surface area contributed by atoms with E-state index in [1.165, 1.54) is 17.0 Å². The number of nitrogens with zero attached hydrogens (tertiary/aromatic N) is 2. The van der Waals surface area contributed by atoms with E-state index in [1.54, 1.807) is 61.7 Å². The molecule has 1 N–H and O–H groups in total. The lowest BCUT2D eigenvalue weighted by molar-refractivity contribution is -0.140. The summed E-state index contributed by atoms with van der Waals surface area (Å²) in [6.45, 7) is 7.59. The fourth-order valence-electron chi connectivity index (χ4n) is 4.45. The van der Waals surface area contributed by atoms with Gasteiger partial charge in [-0.25, -0.2) is 8.42 Å². The maximum absolute atomic E-state index is 14.2. The molecule has 3 rings (SSSR count). The number of sulfonamides is 1. The van der Waals surface area contributed by atoms with Crippen molar-refractivity contribution in [2.75, 3.05) is 24.6 Å². The van der Waals surface area contributed by atoms with Crippen molar-refractivity contribution in [1.29, 1.82) is 0 Å². The molecule has 2 atom stereocenters. The minimum absolute atomic E-state index is 0.0487. The molecule has 0 saturated carbocycles. The lowest BCUT2D eigenvalue weighted by atomic mass is 10.1. The summed E-state index contributed by atoms with van der Waals surface area (Å²) < 4.78 is 39.8. The predicted molar refractivity (Wildman–Crippen MR) is 164 cm³/mol. The minimum Gasteiger partial charge on any atom is -0.497 e. The Kier molecular flexibility index (Phi) is 11.8. The van der Waals surface area contributed by atoms with Crippen LogP contribution in [-0.2, 0) is 26.2 Å². The highest BCUT2D eigenvalue weighted by atomic mass is 32.2. The van der Waals surface area contributed by atoms with Gasteiger partial charge in [-0.2, -0.15) is 0 Å². The van der Waals surface area contributed by atoms with Crippen molar-refractivity contribution < 1.29 is 27.5 Å². The molecule has 0 heterocycles. The molecule has 0 fully saturated rings. The first kappa shape index (κ1) is 32.5. The fourth-order valence-corrected chi connectivity index (χ4v) is 5.89. The van der Waals surface area contributed by atoms with Gasteiger partial charge in [0.2, 0.25) is 11.8 Å². The largest absolute Gasteiger partial charge is 0.497 e. The molecule has 3 aromatic carbocycles. The summed E-state index contributed by atoms with van der Waals surface area (Å²) in [6, 6.07) is 20.9. The molecule has 9 nitrogen and oxygen atoms in total. The molecule has 3 aromatic rings. The van der Waals surface area contributed by atoms with Crippen molar-refractivity contribution >= 4 is 27.5 Å². The highest BCUT2D eigenvalue weighted by molar-refractivity contribution is 7.92. The first-order valence-corrected chi connectivity index (χ1v) is 15.6. The number of amides is 2. The third-order valence-corrected chi connectivity index (χ3v) is 8.71. The maximum atomic E-state index is 14.2. The monoisotopic (exact) mass is 595 g/mol. The number of nitrogens with one attached hydrogen (secondary N) is 1. The van der Waals surface area contributed by atoms with Crippen LogP contribution in [0.15, 0.2) is 83.8 Å². The van der Waals surface area contributed by atoms with Crippen LogP contribution in [0.4, 0.5) is 5.69 Å². The van der Waals surface area contributed by atoms with Gasteiger partial charge in [0.05, 0.1) is 24.3 Å². The van der Waals surface area contributed by atoms with E-state index in [-0.39, 0.29) is 23.4 Å². The first-order chi connectivity index (χ1) is 20.1. The normalized spacial score (nSPS) is 12.6. The van der Waals surface area contributed by atoms with Gasteiger partial charge in [-0.1, -0.05) is 44.2 Å². The Hall–Kier alpha value is -4.05. The Morgan fingerprint density at radius 3 is 2.17 bits per heavy atom. The number of methoxy groups -OCH3 is 1. The number of carbonyl (C=O) groups is 2. The SMILES string of the molecule is CCOc1ccc(N(CC(=O)N(Cc2cccc(OC)c2)[C@@H](CC)C(=O)N[C@H](C)CC)S(=O)(=O)c2ccccc2)cc1. The van der Waals surface area contributed by atoms with Crippen LogP contribution in [0.2, 0.25) is 0 Å². The number of rotatable bonds is 15. The van der Waals surface area contributed by atoms with Crippen LogP contribution >= 0.6 is 0 Å². The van der Waals surface area contributed by atoms with E-state index in [1.807, 2.05) is 39.8 Å². The van der Waals surface area contributed by atoms with Gasteiger partial charge in [-0.05, 0) is 80.8 Å². The minimum atomic E-state index is -4.14. The fraction of sp³-hybridized carbons (Fsp3) is 0.375. The van der Waals surface area contributed by atoms with Crippen LogP contribution in [0, 0.1) is 0 Å². The van der Waals surface area contributed by atoms with Crippen molar-refractivity contribution in [1.82, 2.24) is 10.2 Å². The van der Waals surface area contributed by atoms with E-state index < -0.39 is 28.5 Å². The predicted octanol–water partition coefficient (Wildman–Crippen LogP) is 5.01. The summed E-state index contributed by atoms with van der Waals surface area (Å²) in [5, 5.41) is 2.98. The van der Waals surface area contributed by atoms with Crippen LogP contribution in [0.1, 0.15) is 46.1 Å². The second-order valence-corrected chi connectivity index (χ2v) is 11.7. The quantitative estimate of drug-likeness (QED) is 0.265. The number of hydrogen-bond acceptors (Lipinski definition) is 6. The number of carbonyl (C=O) groups excluding carboxylic acids is 2. The molecule has 0 spiro atoms. The Morgan fingerprint density at radius 1 is 0.881 bits per heavy atom. The Balaban J connectivity index is 2.06. The molecular formula is C32H41N3O6S. The zero-order valence-corrected chi connectivity index (χ0v) is 25.8. The lowest BCUT2D eigenvalue weighted by Crippen LogP contribution is -2.53. The Bertz CT molecular complexity index is 1410. The topological polar surface area (TPSA) is 105 Å². The highest BCUT2D eigenvalue weighted by Crippen LogP contribution is 2.27. The summed E-state index contributed by atoms with van der Waals surface area (Å²) in [5.74, 6) is 0.385. The summed E-state index contributed by atoms with van der Waals surface area (Å²) in [7, 11) is -2.59. The Labute approximate surface area is 249 Å². The van der Waals surface area contributed by atoms with Gasteiger partial charge in [-0.15, -0.1) is 0 Å². The number of ether oxygens (including phenoxy) is 2. The van der Waals surface area contributed by atoms with Crippen LogP contribution in [0.3, 0.4) is 0 Å². The lowest BCUT2D eigenvalue weighted by Gasteiger charge is -2.33. The second-order valence-electron chi connectivity index (χ2n) is 9.87. The molecule has 2 amide bonds. The molecule has 42 heavy (non-hydrogen) atoms. The molecule has 0 aromatic heterocycles. The van der Waals surface area contributed by atoms with Gasteiger partial charge in [0.15, 0.2) is 0 Å². The third kappa shape index (κ3) is 8.25. The zero-order valence-electron chi connectivity index (χ0n) is 24.9. The number of anilines is 1. The van der Waals surface area contributed by atoms with Gasteiger partial charge in [0.1, 0.15) is 24.1 Å². The van der Waals surface area contributed by atoms with Crippen LogP contribution in [-0.4, -0.2) is 57.5 Å². The standard InChI is InChI=1S/C32H41N3O6S/c1-6-24(4)33-32(37)30(7-2)34(22-25-13-12-14-28(21-25)40-5)31(36)23-35(26-17-19-27(20-18-26)41-8-3)42(38,39)29-15-10-9-11-16-29/h9-21,24,30H,6-8,22-23H2,1-5H3,(H,33,37)/t24-,30+/m1/s1. The summed E-state index contributed by atoms with van der Waals surface area (Å²) in [5.41, 5.74) is 1.05. The molecule has 0 saturated heterocycles. The number of benzene rings is 3. The van der Waals surface area contributed by atoms with Gasteiger partial charge in [0, 0.05) is 12.6 Å². The zero-order chi connectivity index (χ0) is 30.7. The molecule has 0 bridgehead atoms. The van der Waals surface area contributed by atoms with Crippen LogP contribution in [0.5, 0.6) is 11.5 Å². The van der Waals surface area contributed by atoms with Crippen LogP contribution < -0.4 is 19.1 Å². The number of hydrogen-bond donors (Lipinski definition) is 1. The average molecular weight is 596 g/mol. The van der Waals surface area contributed by atoms with E-state index in [4.69, 9.17) is 9.47 Å². The molecule has 10 heteroatoms. The smallest absolute Gasteiger partial charge is 0.264 e. The highest BCUT2D eigenvalue weighted by Gasteiger charge is 2.34. The summed E-state index contributed by atoms with van der Waals surface area (Å²) >= 11 is 0. The van der Waals surface area contributed by atoms with E-state index in [0.717, 1.165) is 16.3 Å². The van der Waals surface area contributed by atoms with Crippen molar-refractivity contribution in [3.8, 4) is 11.5 Å². The van der Waals surface area contributed by atoms with Gasteiger partial charge in [0.25, 0.3) is 10.0 Å². The van der Waals surface area contributed by atoms with Crippen molar-refractivity contribution in [3.05, 3.63) is 84.4 Å². The third-order valence-electron chi connectivity index (χ3n) is 6.92. The molecule has 226 valence electrons. The van der Waals surface area contributed by atoms with Crippen LogP contribution in [0.25, 0.3) is 0 Å². The van der Waals surface area contributed by atoms with Gasteiger partial charge < -0.3 is 19.7 Å². The molecule has 0 unspecified atom stereocenters. The van der Waals surface area contributed by atoms with Gasteiger partial charge in [-0.3, -0.25) is 13.9 Å². The Morgan fingerprint density at radius 2 is 1.57 bits per heavy atom. The summed E-state index contributed by atoms with van der Waals surface area (Å²) in [6.07, 6.45) is 1.07. The second kappa shape index (κ2) is 15.3. The first-order valence-electron chi connectivity index (χ1n) is 14.2. The molecule has 0 aliphatic carbocycles.